The number of phenols is 1. The first-order valence-corrected chi connectivity index (χ1v) is 10.7. The zero-order valence-electron chi connectivity index (χ0n) is 15.8. The van der Waals surface area contributed by atoms with E-state index in [4.69, 9.17) is 20.6 Å². The Morgan fingerprint density at radius 2 is 1.48 bits per heavy atom. The molecule has 0 aliphatic heterocycles. The molecule has 2 aromatic rings. The molecule has 6 nitrogen and oxygen atoms in total. The van der Waals surface area contributed by atoms with Gasteiger partial charge in [0.15, 0.2) is 0 Å². The molecule has 0 aliphatic rings. The summed E-state index contributed by atoms with van der Waals surface area (Å²) < 4.78 is 24.1. The van der Waals surface area contributed by atoms with Gasteiger partial charge in [0.25, 0.3) is 0 Å². The van der Waals surface area contributed by atoms with Gasteiger partial charge in [0.05, 0.1) is 29.7 Å². The molecule has 0 aliphatic carbocycles. The number of azo groups is 1. The lowest BCUT2D eigenvalue weighted by Crippen LogP contribution is -2.09. The van der Waals surface area contributed by atoms with E-state index < -0.39 is 7.60 Å². The molecule has 8 heteroatoms. The maximum atomic E-state index is 13.1. The molecule has 0 unspecified atom stereocenters. The first-order valence-electron chi connectivity index (χ1n) is 8.62. The van der Waals surface area contributed by atoms with E-state index in [0.29, 0.717) is 22.0 Å². The van der Waals surface area contributed by atoms with Crippen LogP contribution in [0.2, 0.25) is 5.02 Å². The normalized spacial score (nSPS) is 12.4. The summed E-state index contributed by atoms with van der Waals surface area (Å²) in [5.41, 5.74) is 1.58. The van der Waals surface area contributed by atoms with Crippen molar-refractivity contribution in [3.05, 3.63) is 53.1 Å². The molecule has 27 heavy (non-hydrogen) atoms. The van der Waals surface area contributed by atoms with Gasteiger partial charge < -0.3 is 14.2 Å². The molecule has 0 amide bonds. The van der Waals surface area contributed by atoms with E-state index in [1.54, 1.807) is 64.1 Å². The van der Waals surface area contributed by atoms with Gasteiger partial charge in [-0.15, -0.1) is 0 Å². The molecule has 0 atom stereocenters. The van der Waals surface area contributed by atoms with E-state index in [-0.39, 0.29) is 24.1 Å². The number of aromatic hydroxyl groups is 1. The average Bonchev–Trinajstić information content (AvgIpc) is 2.55. The SMILES string of the molecule is CC(C)OP(=O)(Cc1cc(N=Nc2ccc(Cl)cc2)ccc1O)OC(C)C. The summed E-state index contributed by atoms with van der Waals surface area (Å²) in [6, 6.07) is 11.7. The lowest BCUT2D eigenvalue weighted by atomic mass is 10.2. The Balaban J connectivity index is 2.24. The van der Waals surface area contributed by atoms with Crippen LogP contribution in [0.3, 0.4) is 0 Å². The van der Waals surface area contributed by atoms with Crippen molar-refractivity contribution in [2.45, 2.75) is 46.1 Å². The Bertz CT molecular complexity index is 824. The number of nitrogens with zero attached hydrogens (tertiary/aromatic N) is 2. The van der Waals surface area contributed by atoms with E-state index in [9.17, 15) is 9.67 Å². The summed E-state index contributed by atoms with van der Waals surface area (Å²) in [5.74, 6) is 0.000352. The first-order chi connectivity index (χ1) is 12.7. The lowest BCUT2D eigenvalue weighted by molar-refractivity contribution is 0.141. The smallest absolute Gasteiger partial charge is 0.335 e. The molecule has 0 aromatic heterocycles. The topological polar surface area (TPSA) is 80.5 Å². The highest BCUT2D eigenvalue weighted by Crippen LogP contribution is 2.54. The second-order valence-electron chi connectivity index (χ2n) is 6.57. The Morgan fingerprint density at radius 3 is 2.04 bits per heavy atom. The van der Waals surface area contributed by atoms with Gasteiger partial charge in [0.1, 0.15) is 5.75 Å². The van der Waals surface area contributed by atoms with Crippen LogP contribution >= 0.6 is 19.2 Å². The molecule has 0 fully saturated rings. The average molecular weight is 411 g/mol. The van der Waals surface area contributed by atoms with Crippen molar-refractivity contribution >= 4 is 30.6 Å². The standard InChI is InChI=1S/C19H24ClN2O4P/c1-13(2)25-27(24,26-14(3)4)12-15-11-18(9-10-19(15)23)22-21-17-7-5-16(20)6-8-17/h5-11,13-14,23H,12H2,1-4H3. The molecule has 0 saturated heterocycles. The summed E-state index contributed by atoms with van der Waals surface area (Å²) in [4.78, 5) is 0. The monoisotopic (exact) mass is 410 g/mol. The van der Waals surface area contributed by atoms with Crippen LogP contribution < -0.4 is 0 Å². The number of phenolic OH excluding ortho intramolecular Hbond substituents is 1. The molecule has 2 rings (SSSR count). The molecule has 0 saturated carbocycles. The van der Waals surface area contributed by atoms with Crippen LogP contribution in [0.15, 0.2) is 52.7 Å². The maximum Gasteiger partial charge on any atom is 0.335 e. The molecule has 0 bridgehead atoms. The highest BCUT2D eigenvalue weighted by molar-refractivity contribution is 7.53. The van der Waals surface area contributed by atoms with Crippen LogP contribution in [0.25, 0.3) is 0 Å². The van der Waals surface area contributed by atoms with E-state index in [0.717, 1.165) is 0 Å². The molecule has 1 N–H and O–H groups in total. The molecular weight excluding hydrogens is 387 g/mol. The molecule has 0 spiro atoms. The lowest BCUT2D eigenvalue weighted by Gasteiger charge is -2.23. The van der Waals surface area contributed by atoms with Crippen LogP contribution in [0.4, 0.5) is 11.4 Å². The Labute approximate surface area is 164 Å². The van der Waals surface area contributed by atoms with Gasteiger partial charge in [-0.1, -0.05) is 11.6 Å². The van der Waals surface area contributed by atoms with E-state index >= 15 is 0 Å². The quantitative estimate of drug-likeness (QED) is 0.375. The highest BCUT2D eigenvalue weighted by Gasteiger charge is 2.29. The Kier molecular flexibility index (Phi) is 7.57. The number of benzene rings is 2. The van der Waals surface area contributed by atoms with Gasteiger partial charge in [0.2, 0.25) is 0 Å². The number of hydrogen-bond donors (Lipinski definition) is 1. The second kappa shape index (κ2) is 9.47. The second-order valence-corrected chi connectivity index (χ2v) is 8.96. The zero-order chi connectivity index (χ0) is 20.0. The largest absolute Gasteiger partial charge is 0.508 e. The van der Waals surface area contributed by atoms with Crippen LogP contribution in [0.1, 0.15) is 33.3 Å². The van der Waals surface area contributed by atoms with Gasteiger partial charge in [0, 0.05) is 10.6 Å². The van der Waals surface area contributed by atoms with E-state index in [2.05, 4.69) is 10.2 Å². The van der Waals surface area contributed by atoms with Crippen molar-refractivity contribution in [1.82, 2.24) is 0 Å². The first kappa shape index (κ1) is 21.6. The third-order valence-electron chi connectivity index (χ3n) is 3.28. The minimum absolute atomic E-state index is 0.000352. The van der Waals surface area contributed by atoms with Crippen molar-refractivity contribution in [3.63, 3.8) is 0 Å². The molecule has 0 heterocycles. The molecule has 0 radical (unpaired) electrons. The van der Waals surface area contributed by atoms with Gasteiger partial charge in [-0.2, -0.15) is 10.2 Å². The van der Waals surface area contributed by atoms with Crippen LogP contribution in [-0.4, -0.2) is 17.3 Å². The van der Waals surface area contributed by atoms with E-state index in [1.165, 1.54) is 6.07 Å². The van der Waals surface area contributed by atoms with E-state index in [1.807, 2.05) is 0 Å². The van der Waals surface area contributed by atoms with Crippen LogP contribution in [-0.2, 0) is 19.8 Å². The number of halogens is 1. The van der Waals surface area contributed by atoms with Crippen molar-refractivity contribution < 1.29 is 18.7 Å². The molecule has 2 aromatic carbocycles. The summed E-state index contributed by atoms with van der Waals surface area (Å²) in [5, 5.41) is 19.1. The highest BCUT2D eigenvalue weighted by atomic mass is 35.5. The predicted molar refractivity (Wildman–Crippen MR) is 107 cm³/mol. The fourth-order valence-corrected chi connectivity index (χ4v) is 4.61. The van der Waals surface area contributed by atoms with Gasteiger partial charge in [-0.3, -0.25) is 4.57 Å². The zero-order valence-corrected chi connectivity index (χ0v) is 17.4. The maximum absolute atomic E-state index is 13.1. The van der Waals surface area contributed by atoms with Crippen molar-refractivity contribution in [2.24, 2.45) is 10.2 Å². The van der Waals surface area contributed by atoms with Crippen molar-refractivity contribution in [2.75, 3.05) is 0 Å². The summed E-state index contributed by atoms with van der Waals surface area (Å²) in [6.45, 7) is 7.14. The minimum atomic E-state index is -3.43. The number of hydrogen-bond acceptors (Lipinski definition) is 6. The van der Waals surface area contributed by atoms with Crippen molar-refractivity contribution in [3.8, 4) is 5.75 Å². The number of rotatable bonds is 8. The van der Waals surface area contributed by atoms with Crippen LogP contribution in [0, 0.1) is 0 Å². The Morgan fingerprint density at radius 1 is 0.963 bits per heavy atom. The van der Waals surface area contributed by atoms with Crippen LogP contribution in [0.5, 0.6) is 5.75 Å². The minimum Gasteiger partial charge on any atom is -0.508 e. The summed E-state index contributed by atoms with van der Waals surface area (Å²) in [7, 11) is -3.43. The fourth-order valence-electron chi connectivity index (χ4n) is 2.33. The van der Waals surface area contributed by atoms with Gasteiger partial charge in [-0.25, -0.2) is 0 Å². The van der Waals surface area contributed by atoms with Gasteiger partial charge >= 0.3 is 7.60 Å². The Hall–Kier alpha value is -1.72. The fraction of sp³-hybridized carbons (Fsp3) is 0.368. The van der Waals surface area contributed by atoms with Crippen molar-refractivity contribution in [1.29, 1.82) is 0 Å². The summed E-state index contributed by atoms with van der Waals surface area (Å²) >= 11 is 5.85. The molecule has 146 valence electrons. The van der Waals surface area contributed by atoms with Gasteiger partial charge in [-0.05, 0) is 70.2 Å². The summed E-state index contributed by atoms with van der Waals surface area (Å²) in [6.07, 6.45) is -0.603. The predicted octanol–water partition coefficient (Wildman–Crippen LogP) is 7.00. The third-order valence-corrected chi connectivity index (χ3v) is 5.74. The molecular formula is C19H24ClN2O4P. The third kappa shape index (κ3) is 7.07.